The van der Waals surface area contributed by atoms with Crippen molar-refractivity contribution in [2.75, 3.05) is 10.2 Å². The maximum absolute atomic E-state index is 13.6. The number of aromatic nitrogens is 3. The summed E-state index contributed by atoms with van der Waals surface area (Å²) in [5.41, 5.74) is 5.53. The predicted molar refractivity (Wildman–Crippen MR) is 124 cm³/mol. The Balaban J connectivity index is 1.88. The predicted octanol–water partition coefficient (Wildman–Crippen LogP) is 2.60. The van der Waals surface area contributed by atoms with Gasteiger partial charge in [0.1, 0.15) is 11.4 Å². The van der Waals surface area contributed by atoms with Gasteiger partial charge in [0.05, 0.1) is 16.6 Å². The van der Waals surface area contributed by atoms with Gasteiger partial charge in [0.25, 0.3) is 0 Å². The third kappa shape index (κ3) is 4.79. The van der Waals surface area contributed by atoms with Gasteiger partial charge in [-0.25, -0.2) is 0 Å². The number of aryl methyl sites for hydroxylation is 1. The van der Waals surface area contributed by atoms with Crippen molar-refractivity contribution in [2.24, 2.45) is 11.7 Å². The Morgan fingerprint density at radius 3 is 2.53 bits per heavy atom. The Morgan fingerprint density at radius 2 is 1.88 bits per heavy atom. The third-order valence-corrected chi connectivity index (χ3v) is 6.36. The van der Waals surface area contributed by atoms with E-state index in [0.717, 1.165) is 0 Å². The third-order valence-electron chi connectivity index (χ3n) is 5.29. The maximum Gasteiger partial charge on any atom is 0.250 e. The van der Waals surface area contributed by atoms with E-state index in [-0.39, 0.29) is 18.2 Å². The molecule has 2 aromatic rings. The van der Waals surface area contributed by atoms with E-state index in [2.05, 4.69) is 29.4 Å². The number of nitrogens with zero attached hydrogens (tertiary/aromatic N) is 4. The van der Waals surface area contributed by atoms with Gasteiger partial charge in [-0.3, -0.25) is 19.3 Å². The fourth-order valence-corrected chi connectivity index (χ4v) is 4.53. The molecule has 0 fully saturated rings. The van der Waals surface area contributed by atoms with E-state index in [1.165, 1.54) is 11.8 Å². The number of nitrogens with one attached hydrogen (secondary N) is 1. The lowest BCUT2D eigenvalue weighted by atomic mass is 9.96. The molecule has 3 amide bonds. The molecule has 0 spiro atoms. The summed E-state index contributed by atoms with van der Waals surface area (Å²) in [6, 6.07) is 7.27. The number of rotatable bonds is 8. The summed E-state index contributed by atoms with van der Waals surface area (Å²) >= 11 is 1.30. The van der Waals surface area contributed by atoms with Crippen LogP contribution >= 0.6 is 11.8 Å². The molecule has 10 heteroatoms. The van der Waals surface area contributed by atoms with Crippen LogP contribution in [0.2, 0.25) is 0 Å². The van der Waals surface area contributed by atoms with Gasteiger partial charge in [0.2, 0.25) is 17.7 Å². The molecular formula is C22H30N6O3S. The Labute approximate surface area is 192 Å². The summed E-state index contributed by atoms with van der Waals surface area (Å²) in [7, 11) is 0. The number of thioether (sulfide) groups is 1. The fraction of sp³-hybridized carbons (Fsp3) is 0.500. The number of primary amides is 1. The van der Waals surface area contributed by atoms with Crippen LogP contribution in [0.4, 0.5) is 11.4 Å². The average molecular weight is 459 g/mol. The van der Waals surface area contributed by atoms with E-state index in [1.54, 1.807) is 31.7 Å². The summed E-state index contributed by atoms with van der Waals surface area (Å²) in [6.07, 6.45) is 0.577. The van der Waals surface area contributed by atoms with Crippen LogP contribution in [0.1, 0.15) is 46.9 Å². The Morgan fingerprint density at radius 1 is 1.19 bits per heavy atom. The minimum atomic E-state index is -1.04. The van der Waals surface area contributed by atoms with Crippen LogP contribution in [0.15, 0.2) is 29.4 Å². The molecule has 0 radical (unpaired) electrons. The summed E-state index contributed by atoms with van der Waals surface area (Å²) < 4.78 is 1.95. The number of anilines is 2. The monoisotopic (exact) mass is 458 g/mol. The summed E-state index contributed by atoms with van der Waals surface area (Å²) in [6.45, 7) is 10.1. The number of carbonyl (C=O) groups is 3. The first-order valence-corrected chi connectivity index (χ1v) is 11.5. The zero-order valence-electron chi connectivity index (χ0n) is 19.1. The standard InChI is InChI=1S/C22H30N6O3S/c1-13(2)12-27-18(11-10-17(23)29)25-26-21(27)32-14(3)19(30)28-16-9-7-6-8-15(16)24-20(31)22(28,4)5/h6-9,13-14H,10-12H2,1-5H3,(H2,23,29)(H,24,31). The van der Waals surface area contributed by atoms with E-state index >= 15 is 0 Å². The highest BCUT2D eigenvalue weighted by Gasteiger charge is 2.45. The van der Waals surface area contributed by atoms with Crippen LogP contribution in [0, 0.1) is 5.92 Å². The van der Waals surface area contributed by atoms with Gasteiger partial charge in [-0.15, -0.1) is 10.2 Å². The molecule has 3 rings (SSSR count). The zero-order valence-corrected chi connectivity index (χ0v) is 19.9. The number of hydrogen-bond donors (Lipinski definition) is 2. The molecule has 0 aliphatic carbocycles. The summed E-state index contributed by atoms with van der Waals surface area (Å²) in [4.78, 5) is 39.1. The Hall–Kier alpha value is -2.88. The topological polar surface area (TPSA) is 123 Å². The van der Waals surface area contributed by atoms with Crippen LogP contribution in [0.25, 0.3) is 0 Å². The molecule has 1 aromatic carbocycles. The Bertz CT molecular complexity index is 1030. The fourth-order valence-electron chi connectivity index (χ4n) is 3.61. The van der Waals surface area contributed by atoms with Crippen molar-refractivity contribution in [3.8, 4) is 0 Å². The average Bonchev–Trinajstić information content (AvgIpc) is 3.07. The quantitative estimate of drug-likeness (QED) is 0.586. The number of benzene rings is 1. The first-order valence-electron chi connectivity index (χ1n) is 10.6. The summed E-state index contributed by atoms with van der Waals surface area (Å²) in [5.74, 6) is 0.160. The minimum Gasteiger partial charge on any atom is -0.370 e. The van der Waals surface area contributed by atoms with Gasteiger partial charge in [-0.05, 0) is 38.8 Å². The van der Waals surface area contributed by atoms with Crippen LogP contribution in [-0.2, 0) is 27.3 Å². The second-order valence-electron chi connectivity index (χ2n) is 8.83. The molecule has 2 heterocycles. The lowest BCUT2D eigenvalue weighted by Crippen LogP contribution is -2.60. The first-order chi connectivity index (χ1) is 15.0. The van der Waals surface area contributed by atoms with E-state index in [0.29, 0.717) is 41.2 Å². The molecular weight excluding hydrogens is 428 g/mol. The van der Waals surface area contributed by atoms with Crippen molar-refractivity contribution in [2.45, 2.75) is 70.0 Å². The lowest BCUT2D eigenvalue weighted by Gasteiger charge is -2.43. The molecule has 0 saturated carbocycles. The van der Waals surface area contributed by atoms with Crippen molar-refractivity contribution in [3.63, 3.8) is 0 Å². The van der Waals surface area contributed by atoms with Gasteiger partial charge in [0, 0.05) is 19.4 Å². The SMILES string of the molecule is CC(C)Cn1c(CCC(N)=O)nnc1SC(C)C(=O)N1c2ccccc2NC(=O)C1(C)C. The number of para-hydroxylation sites is 2. The van der Waals surface area contributed by atoms with Crippen LogP contribution in [0.3, 0.4) is 0 Å². The van der Waals surface area contributed by atoms with Crippen LogP contribution in [0.5, 0.6) is 0 Å². The molecule has 1 atom stereocenters. The highest BCUT2D eigenvalue weighted by molar-refractivity contribution is 8.00. The second kappa shape index (κ2) is 9.32. The van der Waals surface area contributed by atoms with Crippen molar-refractivity contribution < 1.29 is 14.4 Å². The highest BCUT2D eigenvalue weighted by atomic mass is 32.2. The molecule has 1 unspecified atom stereocenters. The molecule has 9 nitrogen and oxygen atoms in total. The molecule has 0 saturated heterocycles. The van der Waals surface area contributed by atoms with Crippen LogP contribution in [-0.4, -0.2) is 43.3 Å². The van der Waals surface area contributed by atoms with Crippen LogP contribution < -0.4 is 16.0 Å². The number of carbonyl (C=O) groups excluding carboxylic acids is 3. The summed E-state index contributed by atoms with van der Waals surface area (Å²) in [5, 5.41) is 11.5. The van der Waals surface area contributed by atoms with E-state index in [4.69, 9.17) is 5.73 Å². The van der Waals surface area contributed by atoms with Crippen molar-refractivity contribution in [1.29, 1.82) is 0 Å². The zero-order chi connectivity index (χ0) is 23.6. The number of hydrogen-bond acceptors (Lipinski definition) is 6. The van der Waals surface area contributed by atoms with E-state index in [1.807, 2.05) is 22.8 Å². The van der Waals surface area contributed by atoms with Gasteiger partial charge in [-0.2, -0.15) is 0 Å². The van der Waals surface area contributed by atoms with Gasteiger partial charge < -0.3 is 15.6 Å². The van der Waals surface area contributed by atoms with Crippen molar-refractivity contribution >= 4 is 40.9 Å². The highest BCUT2D eigenvalue weighted by Crippen LogP contribution is 2.38. The van der Waals surface area contributed by atoms with Gasteiger partial charge in [0.15, 0.2) is 5.16 Å². The number of amides is 3. The Kier molecular flexibility index (Phi) is 6.92. The van der Waals surface area contributed by atoms with E-state index in [9.17, 15) is 14.4 Å². The molecule has 172 valence electrons. The molecule has 32 heavy (non-hydrogen) atoms. The molecule has 3 N–H and O–H groups in total. The number of fused-ring (bicyclic) bond motifs is 1. The maximum atomic E-state index is 13.6. The first kappa shape index (κ1) is 23.8. The lowest BCUT2D eigenvalue weighted by molar-refractivity contribution is -0.126. The minimum absolute atomic E-state index is 0.184. The van der Waals surface area contributed by atoms with Crippen molar-refractivity contribution in [3.05, 3.63) is 30.1 Å². The molecule has 0 bridgehead atoms. The largest absolute Gasteiger partial charge is 0.370 e. The smallest absolute Gasteiger partial charge is 0.250 e. The molecule has 1 aromatic heterocycles. The normalized spacial score (nSPS) is 15.9. The van der Waals surface area contributed by atoms with E-state index < -0.39 is 16.7 Å². The van der Waals surface area contributed by atoms with Gasteiger partial charge in [-0.1, -0.05) is 37.7 Å². The number of nitrogens with two attached hydrogens (primary N) is 1. The second-order valence-corrected chi connectivity index (χ2v) is 10.1. The molecule has 1 aliphatic rings. The molecule has 1 aliphatic heterocycles. The van der Waals surface area contributed by atoms with Gasteiger partial charge >= 0.3 is 0 Å². The van der Waals surface area contributed by atoms with Crippen molar-refractivity contribution in [1.82, 2.24) is 14.8 Å².